The first-order chi connectivity index (χ1) is 8.86. The van der Waals surface area contributed by atoms with E-state index in [2.05, 4.69) is 9.46 Å². The van der Waals surface area contributed by atoms with Crippen LogP contribution in [0.5, 0.6) is 0 Å². The van der Waals surface area contributed by atoms with E-state index in [1.54, 1.807) is 13.0 Å². The molecular weight excluding hydrogens is 288 g/mol. The summed E-state index contributed by atoms with van der Waals surface area (Å²) in [6.07, 6.45) is 0. The second kappa shape index (κ2) is 6.60. The Bertz CT molecular complexity index is 584. The van der Waals surface area contributed by atoms with Gasteiger partial charge >= 0.3 is 5.97 Å². The third kappa shape index (κ3) is 4.58. The Morgan fingerprint density at radius 3 is 2.74 bits per heavy atom. The van der Waals surface area contributed by atoms with Crippen molar-refractivity contribution in [2.75, 3.05) is 13.2 Å². The monoisotopic (exact) mass is 302 g/mol. The number of esters is 1. The van der Waals surface area contributed by atoms with E-state index in [0.717, 1.165) is 0 Å². The Labute approximate surface area is 117 Å². The molecule has 3 N–H and O–H groups in total. The summed E-state index contributed by atoms with van der Waals surface area (Å²) in [4.78, 5) is 11.2. The number of carbonyl (C=O) groups is 1. The summed E-state index contributed by atoms with van der Waals surface area (Å²) in [5.41, 5.74) is 5.87. The van der Waals surface area contributed by atoms with Crippen molar-refractivity contribution in [1.29, 1.82) is 0 Å². The van der Waals surface area contributed by atoms with Gasteiger partial charge in [-0.25, -0.2) is 8.42 Å². The van der Waals surface area contributed by atoms with E-state index < -0.39 is 22.5 Å². The minimum absolute atomic E-state index is 0.0119. The van der Waals surface area contributed by atoms with Crippen molar-refractivity contribution in [3.8, 4) is 0 Å². The molecule has 0 saturated heterocycles. The molecule has 1 rings (SSSR count). The maximum absolute atomic E-state index is 11.9. The molecule has 0 heterocycles. The molecular formula is C11H14N2O4S2. The number of thiocarbonyl (C=S) groups is 1. The van der Waals surface area contributed by atoms with Crippen LogP contribution >= 0.6 is 12.2 Å². The van der Waals surface area contributed by atoms with Gasteiger partial charge in [0.25, 0.3) is 0 Å². The van der Waals surface area contributed by atoms with Crippen LogP contribution in [0.1, 0.15) is 12.5 Å². The molecule has 19 heavy (non-hydrogen) atoms. The fraction of sp³-hybridized carbons (Fsp3) is 0.273. The van der Waals surface area contributed by atoms with E-state index in [0.29, 0.717) is 5.56 Å². The number of hydrogen-bond donors (Lipinski definition) is 2. The molecule has 1 aromatic carbocycles. The van der Waals surface area contributed by atoms with E-state index >= 15 is 0 Å². The zero-order valence-electron chi connectivity index (χ0n) is 10.3. The van der Waals surface area contributed by atoms with Gasteiger partial charge in [0.1, 0.15) is 11.5 Å². The van der Waals surface area contributed by atoms with Crippen LogP contribution in [0, 0.1) is 0 Å². The summed E-state index contributed by atoms with van der Waals surface area (Å²) in [6, 6.07) is 5.85. The summed E-state index contributed by atoms with van der Waals surface area (Å²) in [6.45, 7) is 1.41. The highest BCUT2D eigenvalue weighted by atomic mass is 32.2. The zero-order chi connectivity index (χ0) is 14.5. The molecule has 6 nitrogen and oxygen atoms in total. The first-order valence-corrected chi connectivity index (χ1v) is 7.31. The maximum atomic E-state index is 11.9. The van der Waals surface area contributed by atoms with E-state index in [-0.39, 0.29) is 16.5 Å². The summed E-state index contributed by atoms with van der Waals surface area (Å²) >= 11 is 4.77. The average molecular weight is 302 g/mol. The van der Waals surface area contributed by atoms with Crippen LogP contribution in [0.4, 0.5) is 0 Å². The van der Waals surface area contributed by atoms with Gasteiger partial charge in [-0.2, -0.15) is 4.72 Å². The fourth-order valence-electron chi connectivity index (χ4n) is 1.27. The number of benzene rings is 1. The molecule has 0 aliphatic rings. The molecule has 0 spiro atoms. The lowest BCUT2D eigenvalue weighted by atomic mass is 10.2. The summed E-state index contributed by atoms with van der Waals surface area (Å²) < 4.78 is 30.6. The van der Waals surface area contributed by atoms with Crippen LogP contribution in [0.25, 0.3) is 0 Å². The van der Waals surface area contributed by atoms with Crippen LogP contribution < -0.4 is 10.5 Å². The van der Waals surface area contributed by atoms with Crippen LogP contribution in [-0.4, -0.2) is 32.5 Å². The Morgan fingerprint density at radius 1 is 1.47 bits per heavy atom. The molecule has 0 fully saturated rings. The highest BCUT2D eigenvalue weighted by molar-refractivity contribution is 7.89. The molecule has 0 unspecified atom stereocenters. The first kappa shape index (κ1) is 15.5. The van der Waals surface area contributed by atoms with Gasteiger partial charge in [0.05, 0.1) is 11.5 Å². The number of rotatable bonds is 6. The van der Waals surface area contributed by atoms with E-state index in [1.165, 1.54) is 18.2 Å². The second-order valence-electron chi connectivity index (χ2n) is 3.52. The molecule has 0 amide bonds. The predicted octanol–water partition coefficient (Wildman–Crippen LogP) is 0.162. The summed E-state index contributed by atoms with van der Waals surface area (Å²) in [5.74, 6) is -0.642. The van der Waals surface area contributed by atoms with E-state index in [9.17, 15) is 13.2 Å². The molecule has 0 atom stereocenters. The molecule has 0 saturated carbocycles. The third-order valence-corrected chi connectivity index (χ3v) is 3.78. The average Bonchev–Trinajstić information content (AvgIpc) is 2.37. The molecule has 1 aromatic rings. The van der Waals surface area contributed by atoms with Crippen LogP contribution in [-0.2, 0) is 19.6 Å². The number of carbonyl (C=O) groups excluding carboxylic acids is 1. The molecule has 0 radical (unpaired) electrons. The van der Waals surface area contributed by atoms with Gasteiger partial charge in [0, 0.05) is 5.56 Å². The Kier molecular flexibility index (Phi) is 5.40. The number of nitrogens with two attached hydrogens (primary N) is 1. The SMILES string of the molecule is CCOC(=O)CNS(=O)(=O)c1cccc(C(N)=S)c1. The van der Waals surface area contributed by atoms with Gasteiger partial charge < -0.3 is 10.5 Å². The van der Waals surface area contributed by atoms with Gasteiger partial charge in [0.15, 0.2) is 0 Å². The van der Waals surface area contributed by atoms with Crippen molar-refractivity contribution in [2.24, 2.45) is 5.73 Å². The van der Waals surface area contributed by atoms with Gasteiger partial charge in [-0.15, -0.1) is 0 Å². The Morgan fingerprint density at radius 2 is 2.16 bits per heavy atom. The zero-order valence-corrected chi connectivity index (χ0v) is 11.9. The van der Waals surface area contributed by atoms with Crippen molar-refractivity contribution in [2.45, 2.75) is 11.8 Å². The number of sulfonamides is 1. The minimum Gasteiger partial charge on any atom is -0.465 e. The molecule has 0 aliphatic carbocycles. The smallest absolute Gasteiger partial charge is 0.321 e. The molecule has 0 aliphatic heterocycles. The lowest BCUT2D eigenvalue weighted by Crippen LogP contribution is -2.30. The maximum Gasteiger partial charge on any atom is 0.321 e. The summed E-state index contributed by atoms with van der Waals surface area (Å²) in [5, 5.41) is 0. The van der Waals surface area contributed by atoms with Crippen molar-refractivity contribution in [3.05, 3.63) is 29.8 Å². The number of nitrogens with one attached hydrogen (secondary N) is 1. The lowest BCUT2D eigenvalue weighted by molar-refractivity contribution is -0.141. The van der Waals surface area contributed by atoms with Gasteiger partial charge in [-0.05, 0) is 19.1 Å². The molecule has 0 aromatic heterocycles. The lowest BCUT2D eigenvalue weighted by Gasteiger charge is -2.07. The number of hydrogen-bond acceptors (Lipinski definition) is 5. The fourth-order valence-corrected chi connectivity index (χ4v) is 2.41. The van der Waals surface area contributed by atoms with Gasteiger partial charge in [-0.3, -0.25) is 4.79 Å². The Hall–Kier alpha value is -1.51. The molecule has 0 bridgehead atoms. The molecule has 8 heteroatoms. The highest BCUT2D eigenvalue weighted by Crippen LogP contribution is 2.11. The first-order valence-electron chi connectivity index (χ1n) is 5.42. The Balaban J connectivity index is 2.85. The second-order valence-corrected chi connectivity index (χ2v) is 5.73. The normalized spacial score (nSPS) is 11.0. The van der Waals surface area contributed by atoms with Crippen LogP contribution in [0.15, 0.2) is 29.2 Å². The van der Waals surface area contributed by atoms with Gasteiger partial charge in [0.2, 0.25) is 10.0 Å². The summed E-state index contributed by atoms with van der Waals surface area (Å²) in [7, 11) is -3.80. The van der Waals surface area contributed by atoms with E-state index in [1.807, 2.05) is 0 Å². The van der Waals surface area contributed by atoms with E-state index in [4.69, 9.17) is 18.0 Å². The van der Waals surface area contributed by atoms with Crippen molar-refractivity contribution in [1.82, 2.24) is 4.72 Å². The van der Waals surface area contributed by atoms with Gasteiger partial charge in [-0.1, -0.05) is 24.4 Å². The largest absolute Gasteiger partial charge is 0.465 e. The predicted molar refractivity (Wildman–Crippen MR) is 74.2 cm³/mol. The topological polar surface area (TPSA) is 98.5 Å². The standard InChI is InChI=1S/C11H14N2O4S2/c1-2-17-10(14)7-13-19(15,16)9-5-3-4-8(6-9)11(12)18/h3-6,13H,2,7H2,1H3,(H2,12,18). The number of ether oxygens (including phenoxy) is 1. The van der Waals surface area contributed by atoms with Crippen LogP contribution in [0.3, 0.4) is 0 Å². The third-order valence-electron chi connectivity index (χ3n) is 2.14. The van der Waals surface area contributed by atoms with Crippen molar-refractivity contribution in [3.63, 3.8) is 0 Å². The highest BCUT2D eigenvalue weighted by Gasteiger charge is 2.16. The minimum atomic E-state index is -3.80. The quantitative estimate of drug-likeness (QED) is 0.574. The van der Waals surface area contributed by atoms with Crippen LogP contribution in [0.2, 0.25) is 0 Å². The van der Waals surface area contributed by atoms with Crippen molar-refractivity contribution < 1.29 is 17.9 Å². The van der Waals surface area contributed by atoms with Crippen molar-refractivity contribution >= 4 is 33.2 Å². The molecule has 104 valence electrons.